The van der Waals surface area contributed by atoms with E-state index >= 15 is 0 Å². The maximum atomic E-state index is 12.7. The summed E-state index contributed by atoms with van der Waals surface area (Å²) in [7, 11) is 0. The van der Waals surface area contributed by atoms with Crippen molar-refractivity contribution in [2.24, 2.45) is 0 Å². The number of amides is 1. The second-order valence-corrected chi connectivity index (χ2v) is 7.01. The molecule has 1 aliphatic rings. The summed E-state index contributed by atoms with van der Waals surface area (Å²) in [4.78, 5) is 37.4. The van der Waals surface area contributed by atoms with Crippen molar-refractivity contribution in [1.82, 2.24) is 4.90 Å². The van der Waals surface area contributed by atoms with E-state index in [1.165, 1.54) is 12.1 Å². The molecule has 2 aromatic rings. The molecule has 144 valence electrons. The third-order valence-electron chi connectivity index (χ3n) is 4.42. The second kappa shape index (κ2) is 8.04. The van der Waals surface area contributed by atoms with Crippen molar-refractivity contribution in [3.63, 3.8) is 0 Å². The smallest absolute Gasteiger partial charge is 0.305 e. The first-order valence-corrected chi connectivity index (χ1v) is 9.07. The number of benzene rings is 2. The van der Waals surface area contributed by atoms with Crippen molar-refractivity contribution in [2.75, 3.05) is 6.54 Å². The van der Waals surface area contributed by atoms with E-state index in [2.05, 4.69) is 0 Å². The summed E-state index contributed by atoms with van der Waals surface area (Å²) in [6.45, 7) is -0.201. The highest BCUT2D eigenvalue weighted by Crippen LogP contribution is 2.41. The molecule has 3 rings (SSSR count). The van der Waals surface area contributed by atoms with Crippen LogP contribution in [0.25, 0.3) is 5.76 Å². The molecule has 0 radical (unpaired) electrons. The van der Waals surface area contributed by atoms with E-state index in [4.69, 9.17) is 28.3 Å². The summed E-state index contributed by atoms with van der Waals surface area (Å²) in [5.74, 6) is -3.28. The van der Waals surface area contributed by atoms with Crippen LogP contribution in [0, 0.1) is 0 Å². The number of carbonyl (C=O) groups excluding carboxylic acids is 2. The maximum absolute atomic E-state index is 12.7. The van der Waals surface area contributed by atoms with Crippen molar-refractivity contribution in [2.45, 2.75) is 12.5 Å². The van der Waals surface area contributed by atoms with Crippen LogP contribution < -0.4 is 0 Å². The molecule has 28 heavy (non-hydrogen) atoms. The molecule has 1 aliphatic heterocycles. The van der Waals surface area contributed by atoms with Gasteiger partial charge in [0.25, 0.3) is 11.7 Å². The maximum Gasteiger partial charge on any atom is 0.305 e. The molecule has 1 fully saturated rings. The average molecular weight is 420 g/mol. The molecular weight excluding hydrogens is 405 g/mol. The minimum Gasteiger partial charge on any atom is -0.507 e. The van der Waals surface area contributed by atoms with Gasteiger partial charge in [0.2, 0.25) is 0 Å². The number of aliphatic hydroxyl groups excluding tert-OH is 1. The number of hydrogen-bond acceptors (Lipinski definition) is 4. The van der Waals surface area contributed by atoms with Gasteiger partial charge in [0.15, 0.2) is 0 Å². The van der Waals surface area contributed by atoms with Crippen molar-refractivity contribution >= 4 is 46.6 Å². The first-order valence-electron chi connectivity index (χ1n) is 8.32. The van der Waals surface area contributed by atoms with Gasteiger partial charge >= 0.3 is 5.97 Å². The summed E-state index contributed by atoms with van der Waals surface area (Å²) in [5.41, 5.74) is 0.577. The summed E-state index contributed by atoms with van der Waals surface area (Å²) in [5, 5.41) is 20.5. The van der Waals surface area contributed by atoms with E-state index in [9.17, 15) is 19.5 Å². The summed E-state index contributed by atoms with van der Waals surface area (Å²) in [6, 6.07) is 11.7. The number of likely N-dealkylation sites (tertiary alicyclic amines) is 1. The van der Waals surface area contributed by atoms with Gasteiger partial charge in [-0.2, -0.15) is 0 Å². The molecule has 1 atom stereocenters. The molecule has 1 heterocycles. The molecule has 0 saturated carbocycles. The Morgan fingerprint density at radius 3 is 2.25 bits per heavy atom. The molecule has 0 bridgehead atoms. The van der Waals surface area contributed by atoms with Crippen LogP contribution in [0.3, 0.4) is 0 Å². The Morgan fingerprint density at radius 2 is 1.64 bits per heavy atom. The number of Topliss-reactive ketones (excluding diaryl/α,β-unsaturated/α-hetero) is 1. The average Bonchev–Trinajstić information content (AvgIpc) is 2.91. The molecule has 6 nitrogen and oxygen atoms in total. The Kier molecular flexibility index (Phi) is 5.72. The number of ketones is 1. The van der Waals surface area contributed by atoms with Crippen LogP contribution in [0.4, 0.5) is 0 Å². The van der Waals surface area contributed by atoms with Crippen molar-refractivity contribution in [3.8, 4) is 0 Å². The van der Waals surface area contributed by atoms with E-state index < -0.39 is 23.7 Å². The molecule has 2 N–H and O–H groups in total. The quantitative estimate of drug-likeness (QED) is 0.435. The van der Waals surface area contributed by atoms with Gasteiger partial charge in [0.05, 0.1) is 18.0 Å². The van der Waals surface area contributed by atoms with E-state index in [0.717, 1.165) is 4.90 Å². The third kappa shape index (κ3) is 3.74. The van der Waals surface area contributed by atoms with E-state index in [-0.39, 0.29) is 29.3 Å². The monoisotopic (exact) mass is 419 g/mol. The number of nitrogens with zero attached hydrogens (tertiary/aromatic N) is 1. The fraction of sp³-hybridized carbons (Fsp3) is 0.150. The number of rotatable bonds is 5. The Morgan fingerprint density at radius 1 is 1.00 bits per heavy atom. The Hall–Kier alpha value is -2.83. The lowest BCUT2D eigenvalue weighted by Crippen LogP contribution is -2.32. The molecule has 8 heteroatoms. The van der Waals surface area contributed by atoms with Crippen LogP contribution in [-0.4, -0.2) is 39.3 Å². The lowest BCUT2D eigenvalue weighted by atomic mass is 9.95. The highest BCUT2D eigenvalue weighted by atomic mass is 35.5. The first-order chi connectivity index (χ1) is 13.3. The van der Waals surface area contributed by atoms with Crippen LogP contribution in [-0.2, 0) is 14.4 Å². The number of halogens is 2. The number of aliphatic hydroxyl groups is 1. The predicted molar refractivity (Wildman–Crippen MR) is 104 cm³/mol. The highest BCUT2D eigenvalue weighted by molar-refractivity contribution is 6.47. The van der Waals surface area contributed by atoms with Gasteiger partial charge in [-0.1, -0.05) is 41.4 Å². The van der Waals surface area contributed by atoms with Crippen LogP contribution >= 0.6 is 23.2 Å². The molecule has 2 aromatic carbocycles. The van der Waals surface area contributed by atoms with Gasteiger partial charge in [-0.05, 0) is 35.9 Å². The van der Waals surface area contributed by atoms with Gasteiger partial charge in [-0.25, -0.2) is 0 Å². The lowest BCUT2D eigenvalue weighted by molar-refractivity contribution is -0.142. The zero-order valence-electron chi connectivity index (χ0n) is 14.4. The second-order valence-electron chi connectivity index (χ2n) is 6.16. The summed E-state index contributed by atoms with van der Waals surface area (Å²) >= 11 is 12.1. The van der Waals surface area contributed by atoms with Gasteiger partial charge in [0, 0.05) is 22.2 Å². The standard InChI is InChI=1S/C20H15Cl2NO5/c21-12-7-5-11(6-8-12)18(26)16-17(13-3-1-2-4-14(13)22)23(10-9-15(24)25)20(28)19(16)27/h1-8,17,26H,9-10H2,(H,24,25). The molecule has 1 unspecified atom stereocenters. The number of carboxylic acids is 1. The molecule has 0 aliphatic carbocycles. The van der Waals surface area contributed by atoms with Crippen LogP contribution in [0.2, 0.25) is 10.0 Å². The summed E-state index contributed by atoms with van der Waals surface area (Å²) < 4.78 is 0. The number of hydrogen-bond donors (Lipinski definition) is 2. The van der Waals surface area contributed by atoms with Crippen molar-refractivity contribution < 1.29 is 24.6 Å². The van der Waals surface area contributed by atoms with Gasteiger partial charge < -0.3 is 15.1 Å². The van der Waals surface area contributed by atoms with Gasteiger partial charge in [-0.15, -0.1) is 0 Å². The third-order valence-corrected chi connectivity index (χ3v) is 5.02. The number of carboxylic acid groups (broad SMARTS) is 1. The van der Waals surface area contributed by atoms with Crippen LogP contribution in [0.1, 0.15) is 23.6 Å². The Bertz CT molecular complexity index is 984. The lowest BCUT2D eigenvalue weighted by Gasteiger charge is -2.25. The molecular formula is C20H15Cl2NO5. The highest BCUT2D eigenvalue weighted by Gasteiger charge is 2.46. The zero-order valence-corrected chi connectivity index (χ0v) is 15.9. The van der Waals surface area contributed by atoms with E-state index in [1.807, 2.05) is 0 Å². The van der Waals surface area contributed by atoms with E-state index in [0.29, 0.717) is 16.1 Å². The van der Waals surface area contributed by atoms with E-state index in [1.54, 1.807) is 36.4 Å². The Labute approximate surface area is 170 Å². The van der Waals surface area contributed by atoms with Crippen LogP contribution in [0.5, 0.6) is 0 Å². The summed E-state index contributed by atoms with van der Waals surface area (Å²) in [6.07, 6.45) is -0.352. The molecule has 0 spiro atoms. The predicted octanol–water partition coefficient (Wildman–Crippen LogP) is 3.89. The normalized spacial score (nSPS) is 18.5. The molecule has 1 amide bonds. The SMILES string of the molecule is O=C(O)CCN1C(=O)C(=O)C(=C(O)c2ccc(Cl)cc2)C1c1ccccc1Cl. The number of aliphatic carboxylic acids is 1. The molecule has 1 saturated heterocycles. The first kappa shape index (κ1) is 19.9. The fourth-order valence-corrected chi connectivity index (χ4v) is 3.48. The number of carbonyl (C=O) groups is 3. The van der Waals surface area contributed by atoms with Gasteiger partial charge in [-0.3, -0.25) is 14.4 Å². The minimum atomic E-state index is -1.11. The fourth-order valence-electron chi connectivity index (χ4n) is 3.11. The van der Waals surface area contributed by atoms with Crippen LogP contribution in [0.15, 0.2) is 54.1 Å². The van der Waals surface area contributed by atoms with Crippen molar-refractivity contribution in [3.05, 3.63) is 75.3 Å². The van der Waals surface area contributed by atoms with Crippen molar-refractivity contribution in [1.29, 1.82) is 0 Å². The van der Waals surface area contributed by atoms with Gasteiger partial charge in [0.1, 0.15) is 5.76 Å². The Balaban J connectivity index is 2.18. The molecule has 0 aromatic heterocycles. The topological polar surface area (TPSA) is 94.9 Å². The minimum absolute atomic E-state index is 0.147. The largest absolute Gasteiger partial charge is 0.507 e. The zero-order chi connectivity index (χ0) is 20.4.